The molecule has 0 saturated carbocycles. The van der Waals surface area contributed by atoms with Crippen LogP contribution in [-0.2, 0) is 4.79 Å². The third-order valence-electron chi connectivity index (χ3n) is 3.77. The standard InChI is InChI=1S/C17H21N3O3/c1-4-13(10-21)18-17(23)16(22)15-11(2)19-20(12(15)3)14-8-6-5-7-9-14/h5-9,13,21H,4,10H2,1-3H3,(H,18,23). The molecule has 6 nitrogen and oxygen atoms in total. The van der Waals surface area contributed by atoms with Crippen molar-refractivity contribution in [2.45, 2.75) is 33.2 Å². The molecule has 1 amide bonds. The molecule has 6 heteroatoms. The third-order valence-corrected chi connectivity index (χ3v) is 3.77. The SMILES string of the molecule is CCC(CO)NC(=O)C(=O)c1c(C)nn(-c2ccccc2)c1C. The summed E-state index contributed by atoms with van der Waals surface area (Å²) in [5, 5.41) is 16.1. The number of aryl methyl sites for hydroxylation is 1. The Morgan fingerprint density at radius 3 is 2.48 bits per heavy atom. The van der Waals surface area contributed by atoms with Crippen LogP contribution in [0.5, 0.6) is 0 Å². The lowest BCUT2D eigenvalue weighted by atomic mass is 10.1. The minimum Gasteiger partial charge on any atom is -0.394 e. The first kappa shape index (κ1) is 16.9. The number of hydrogen-bond donors (Lipinski definition) is 2. The van der Waals surface area contributed by atoms with Crippen LogP contribution in [0, 0.1) is 13.8 Å². The molecule has 2 aromatic rings. The molecule has 0 saturated heterocycles. The predicted octanol–water partition coefficient (Wildman–Crippen LogP) is 1.56. The Morgan fingerprint density at radius 1 is 1.26 bits per heavy atom. The fraction of sp³-hybridized carbons (Fsp3) is 0.353. The molecule has 1 aromatic heterocycles. The second-order valence-corrected chi connectivity index (χ2v) is 5.38. The van der Waals surface area contributed by atoms with Gasteiger partial charge in [0, 0.05) is 0 Å². The van der Waals surface area contributed by atoms with E-state index in [-0.39, 0.29) is 6.61 Å². The molecule has 0 radical (unpaired) electrons. The summed E-state index contributed by atoms with van der Waals surface area (Å²) in [4.78, 5) is 24.6. The maximum Gasteiger partial charge on any atom is 0.292 e. The normalized spacial score (nSPS) is 12.0. The number of amides is 1. The monoisotopic (exact) mass is 315 g/mol. The number of carbonyl (C=O) groups is 2. The second kappa shape index (κ2) is 7.19. The third kappa shape index (κ3) is 3.48. The van der Waals surface area contributed by atoms with Gasteiger partial charge in [-0.2, -0.15) is 5.10 Å². The Hall–Kier alpha value is -2.47. The van der Waals surface area contributed by atoms with Gasteiger partial charge in [-0.05, 0) is 32.4 Å². The lowest BCUT2D eigenvalue weighted by Gasteiger charge is -2.13. The van der Waals surface area contributed by atoms with Crippen LogP contribution in [0.2, 0.25) is 0 Å². The first-order valence-corrected chi connectivity index (χ1v) is 7.57. The molecular weight excluding hydrogens is 294 g/mol. The Balaban J connectivity index is 2.32. The van der Waals surface area contributed by atoms with E-state index in [0.29, 0.717) is 23.4 Å². The van der Waals surface area contributed by atoms with Crippen LogP contribution in [-0.4, -0.2) is 39.2 Å². The number of aromatic nitrogens is 2. The van der Waals surface area contributed by atoms with E-state index in [2.05, 4.69) is 10.4 Å². The number of benzene rings is 1. The Morgan fingerprint density at radius 2 is 1.91 bits per heavy atom. The van der Waals surface area contributed by atoms with Gasteiger partial charge in [0.1, 0.15) is 0 Å². The average molecular weight is 315 g/mol. The number of ketones is 1. The molecule has 0 aliphatic heterocycles. The number of nitrogens with zero attached hydrogens (tertiary/aromatic N) is 2. The van der Waals surface area contributed by atoms with Crippen molar-refractivity contribution in [3.63, 3.8) is 0 Å². The van der Waals surface area contributed by atoms with Gasteiger partial charge in [0.25, 0.3) is 11.7 Å². The molecule has 1 aromatic carbocycles. The topological polar surface area (TPSA) is 84.2 Å². The van der Waals surface area contributed by atoms with Gasteiger partial charge >= 0.3 is 0 Å². The maximum atomic E-state index is 12.5. The quantitative estimate of drug-likeness (QED) is 0.626. The summed E-state index contributed by atoms with van der Waals surface area (Å²) in [5.41, 5.74) is 2.25. The molecule has 0 bridgehead atoms. The van der Waals surface area contributed by atoms with E-state index in [0.717, 1.165) is 5.69 Å². The van der Waals surface area contributed by atoms with Crippen molar-refractivity contribution in [3.05, 3.63) is 47.3 Å². The highest BCUT2D eigenvalue weighted by atomic mass is 16.3. The van der Waals surface area contributed by atoms with Crippen molar-refractivity contribution in [3.8, 4) is 5.69 Å². The zero-order chi connectivity index (χ0) is 17.0. The second-order valence-electron chi connectivity index (χ2n) is 5.38. The zero-order valence-electron chi connectivity index (χ0n) is 13.5. The summed E-state index contributed by atoms with van der Waals surface area (Å²) in [7, 11) is 0. The molecule has 23 heavy (non-hydrogen) atoms. The maximum absolute atomic E-state index is 12.5. The van der Waals surface area contributed by atoms with Crippen LogP contribution >= 0.6 is 0 Å². The van der Waals surface area contributed by atoms with Crippen molar-refractivity contribution < 1.29 is 14.7 Å². The van der Waals surface area contributed by atoms with Gasteiger partial charge in [-0.1, -0.05) is 25.1 Å². The zero-order valence-corrected chi connectivity index (χ0v) is 13.5. The van der Waals surface area contributed by atoms with Crippen molar-refractivity contribution in [2.24, 2.45) is 0 Å². The highest BCUT2D eigenvalue weighted by Gasteiger charge is 2.26. The molecule has 0 aliphatic carbocycles. The van der Waals surface area contributed by atoms with Gasteiger partial charge in [-0.3, -0.25) is 9.59 Å². The Labute approximate surface area is 135 Å². The number of rotatable bonds is 6. The molecule has 2 N–H and O–H groups in total. The first-order chi connectivity index (χ1) is 11.0. The van der Waals surface area contributed by atoms with E-state index in [4.69, 9.17) is 5.11 Å². The smallest absolute Gasteiger partial charge is 0.292 e. The molecule has 2 rings (SSSR count). The van der Waals surface area contributed by atoms with Crippen molar-refractivity contribution in [1.82, 2.24) is 15.1 Å². The van der Waals surface area contributed by atoms with E-state index < -0.39 is 17.7 Å². The Bertz CT molecular complexity index is 703. The van der Waals surface area contributed by atoms with E-state index in [1.165, 1.54) is 0 Å². The van der Waals surface area contributed by atoms with Crippen LogP contribution in [0.3, 0.4) is 0 Å². The van der Waals surface area contributed by atoms with E-state index >= 15 is 0 Å². The van der Waals surface area contributed by atoms with Gasteiger partial charge < -0.3 is 10.4 Å². The molecule has 0 fully saturated rings. The van der Waals surface area contributed by atoms with Crippen LogP contribution in [0.25, 0.3) is 5.69 Å². The highest BCUT2D eigenvalue weighted by molar-refractivity contribution is 6.43. The summed E-state index contributed by atoms with van der Waals surface area (Å²) in [6, 6.07) is 9.00. The van der Waals surface area contributed by atoms with Crippen molar-refractivity contribution >= 4 is 11.7 Å². The largest absolute Gasteiger partial charge is 0.394 e. The molecule has 1 unspecified atom stereocenters. The number of aliphatic hydroxyl groups excluding tert-OH is 1. The van der Waals surface area contributed by atoms with E-state index in [9.17, 15) is 9.59 Å². The van der Waals surface area contributed by atoms with Gasteiger partial charge in [0.15, 0.2) is 0 Å². The van der Waals surface area contributed by atoms with Crippen LogP contribution < -0.4 is 5.32 Å². The minimum atomic E-state index is -0.718. The molecule has 0 aliphatic rings. The van der Waals surface area contributed by atoms with Crippen LogP contribution in [0.1, 0.15) is 35.1 Å². The van der Waals surface area contributed by atoms with Crippen molar-refractivity contribution in [1.29, 1.82) is 0 Å². The average Bonchev–Trinajstić information content (AvgIpc) is 2.87. The highest BCUT2D eigenvalue weighted by Crippen LogP contribution is 2.18. The molecule has 0 spiro atoms. The van der Waals surface area contributed by atoms with Crippen molar-refractivity contribution in [2.75, 3.05) is 6.61 Å². The van der Waals surface area contributed by atoms with Gasteiger partial charge in [0.05, 0.1) is 35.3 Å². The number of Topliss-reactive ketones (excluding diaryl/α,β-unsaturated/α-hetero) is 1. The number of aliphatic hydroxyl groups is 1. The fourth-order valence-electron chi connectivity index (χ4n) is 2.43. The lowest BCUT2D eigenvalue weighted by molar-refractivity contribution is -0.118. The summed E-state index contributed by atoms with van der Waals surface area (Å²) in [5.74, 6) is -1.35. The molecular formula is C17H21N3O3. The van der Waals surface area contributed by atoms with Crippen LogP contribution in [0.4, 0.5) is 0 Å². The number of para-hydroxylation sites is 1. The van der Waals surface area contributed by atoms with E-state index in [1.54, 1.807) is 18.5 Å². The summed E-state index contributed by atoms with van der Waals surface area (Å²) in [6.07, 6.45) is 0.552. The number of hydrogen-bond acceptors (Lipinski definition) is 4. The first-order valence-electron chi connectivity index (χ1n) is 7.57. The van der Waals surface area contributed by atoms with E-state index in [1.807, 2.05) is 37.3 Å². The van der Waals surface area contributed by atoms with Gasteiger partial charge in [0.2, 0.25) is 0 Å². The molecule has 122 valence electrons. The minimum absolute atomic E-state index is 0.198. The fourth-order valence-corrected chi connectivity index (χ4v) is 2.43. The summed E-state index contributed by atoms with van der Waals surface area (Å²) in [6.45, 7) is 5.10. The number of carbonyl (C=O) groups excluding carboxylic acids is 2. The summed E-state index contributed by atoms with van der Waals surface area (Å²) >= 11 is 0. The predicted molar refractivity (Wildman–Crippen MR) is 86.7 cm³/mol. The number of nitrogens with one attached hydrogen (secondary N) is 1. The summed E-state index contributed by atoms with van der Waals surface area (Å²) < 4.78 is 1.65. The molecule has 1 atom stereocenters. The van der Waals surface area contributed by atoms with Crippen LogP contribution in [0.15, 0.2) is 30.3 Å². The lowest BCUT2D eigenvalue weighted by Crippen LogP contribution is -2.41. The molecule has 1 heterocycles. The van der Waals surface area contributed by atoms with Gasteiger partial charge in [-0.15, -0.1) is 0 Å². The van der Waals surface area contributed by atoms with Gasteiger partial charge in [-0.25, -0.2) is 4.68 Å². The Kier molecular flexibility index (Phi) is 5.28.